The molecule has 0 radical (unpaired) electrons. The number of carbonyl (C=O) groups is 1. The molecule has 0 atom stereocenters. The minimum atomic E-state index is 0.131. The number of imidazole rings is 1. The van der Waals surface area contributed by atoms with Crippen molar-refractivity contribution in [3.8, 4) is 0 Å². The van der Waals surface area contributed by atoms with E-state index in [0.717, 1.165) is 50.4 Å². The number of pyridine rings is 1. The number of aromatic nitrogens is 3. The van der Waals surface area contributed by atoms with Crippen molar-refractivity contribution in [1.82, 2.24) is 19.4 Å². The Hall–Kier alpha value is -2.17. The van der Waals surface area contributed by atoms with Crippen molar-refractivity contribution in [1.29, 1.82) is 0 Å². The Kier molecular flexibility index (Phi) is 4.55. The van der Waals surface area contributed by atoms with E-state index in [1.807, 2.05) is 11.1 Å². The number of likely N-dealkylation sites (tertiary alicyclic amines) is 1. The maximum absolute atomic E-state index is 12.5. The van der Waals surface area contributed by atoms with Gasteiger partial charge >= 0.3 is 0 Å². The molecule has 2 aliphatic rings. The van der Waals surface area contributed by atoms with Gasteiger partial charge in [0, 0.05) is 55.9 Å². The highest BCUT2D eigenvalue weighted by molar-refractivity contribution is 5.94. The number of amides is 1. The Labute approximate surface area is 149 Å². The zero-order chi connectivity index (χ0) is 17.2. The first kappa shape index (κ1) is 16.3. The van der Waals surface area contributed by atoms with Gasteiger partial charge in [-0.3, -0.25) is 9.78 Å². The lowest BCUT2D eigenvalue weighted by molar-refractivity contribution is 0.0689. The lowest BCUT2D eigenvalue weighted by atomic mass is 9.93. The molecule has 1 amide bonds. The van der Waals surface area contributed by atoms with Crippen LogP contribution in [0.1, 0.15) is 47.6 Å². The molecule has 1 aliphatic carbocycles. The lowest BCUT2D eigenvalue weighted by Crippen LogP contribution is -2.39. The van der Waals surface area contributed by atoms with Crippen molar-refractivity contribution in [2.75, 3.05) is 13.1 Å². The Morgan fingerprint density at radius 1 is 1.12 bits per heavy atom. The molecule has 0 unspecified atom stereocenters. The fourth-order valence-corrected chi connectivity index (χ4v) is 3.76. The minimum absolute atomic E-state index is 0.131. The summed E-state index contributed by atoms with van der Waals surface area (Å²) in [7, 11) is 0. The van der Waals surface area contributed by atoms with Crippen LogP contribution >= 0.6 is 0 Å². The van der Waals surface area contributed by atoms with Crippen LogP contribution in [0.2, 0.25) is 0 Å². The fourth-order valence-electron chi connectivity index (χ4n) is 3.76. The summed E-state index contributed by atoms with van der Waals surface area (Å²) in [6.45, 7) is 4.98. The van der Waals surface area contributed by atoms with Gasteiger partial charge in [0.1, 0.15) is 5.82 Å². The van der Waals surface area contributed by atoms with Gasteiger partial charge in [0.25, 0.3) is 5.91 Å². The number of carbonyl (C=O) groups excluding carboxylic acids is 1. The van der Waals surface area contributed by atoms with E-state index in [4.69, 9.17) is 0 Å². The van der Waals surface area contributed by atoms with Gasteiger partial charge in [0.2, 0.25) is 0 Å². The van der Waals surface area contributed by atoms with E-state index in [0.29, 0.717) is 5.92 Å². The maximum Gasteiger partial charge on any atom is 0.253 e. The predicted octanol–water partition coefficient (Wildman–Crippen LogP) is 3.09. The first-order valence-electron chi connectivity index (χ1n) is 9.41. The van der Waals surface area contributed by atoms with Gasteiger partial charge in [0.05, 0.1) is 0 Å². The smallest absolute Gasteiger partial charge is 0.253 e. The number of nitrogens with zero attached hydrogens (tertiary/aromatic N) is 4. The van der Waals surface area contributed by atoms with Crippen molar-refractivity contribution in [2.24, 2.45) is 11.8 Å². The van der Waals surface area contributed by atoms with Crippen molar-refractivity contribution in [2.45, 2.75) is 45.6 Å². The predicted molar refractivity (Wildman–Crippen MR) is 96.3 cm³/mol. The molecule has 2 fully saturated rings. The summed E-state index contributed by atoms with van der Waals surface area (Å²) in [5.41, 5.74) is 2.02. The number of hydrogen-bond acceptors (Lipinski definition) is 3. The number of rotatable bonds is 5. The topological polar surface area (TPSA) is 51.0 Å². The van der Waals surface area contributed by atoms with Gasteiger partial charge in [-0.2, -0.15) is 0 Å². The van der Waals surface area contributed by atoms with Crippen molar-refractivity contribution in [3.63, 3.8) is 0 Å². The quantitative estimate of drug-likeness (QED) is 0.842. The summed E-state index contributed by atoms with van der Waals surface area (Å²) in [6.07, 6.45) is 11.3. The summed E-state index contributed by atoms with van der Waals surface area (Å²) in [5.74, 6) is 2.86. The van der Waals surface area contributed by atoms with E-state index >= 15 is 0 Å². The monoisotopic (exact) mass is 338 g/mol. The second kappa shape index (κ2) is 6.98. The second-order valence-electron chi connectivity index (χ2n) is 7.55. The molecule has 0 bridgehead atoms. The average Bonchev–Trinajstić information content (AvgIpc) is 3.42. The molecule has 5 heteroatoms. The Morgan fingerprint density at radius 3 is 2.52 bits per heavy atom. The molecule has 25 heavy (non-hydrogen) atoms. The summed E-state index contributed by atoms with van der Waals surface area (Å²) < 4.78 is 2.42. The molecule has 0 N–H and O–H groups in total. The molecular weight excluding hydrogens is 312 g/mol. The van der Waals surface area contributed by atoms with E-state index in [1.165, 1.54) is 24.4 Å². The van der Waals surface area contributed by atoms with Gasteiger partial charge in [-0.1, -0.05) is 0 Å². The second-order valence-corrected chi connectivity index (χ2v) is 7.55. The molecule has 0 aromatic carbocycles. The molecule has 132 valence electrons. The molecule has 0 spiro atoms. The Bertz CT molecular complexity index is 727. The van der Waals surface area contributed by atoms with Crippen LogP contribution < -0.4 is 0 Å². The third kappa shape index (κ3) is 3.75. The SMILES string of the molecule is Cc1cnc(CC2CCN(C(=O)c3ccncc3)CC2)n1CC1CC1. The highest BCUT2D eigenvalue weighted by Crippen LogP contribution is 2.32. The van der Waals surface area contributed by atoms with Crippen LogP contribution in [0.5, 0.6) is 0 Å². The van der Waals surface area contributed by atoms with E-state index in [-0.39, 0.29) is 5.91 Å². The summed E-state index contributed by atoms with van der Waals surface area (Å²) in [4.78, 5) is 23.2. The van der Waals surface area contributed by atoms with Crippen LogP contribution in [0.15, 0.2) is 30.7 Å². The third-order valence-corrected chi connectivity index (χ3v) is 5.58. The van der Waals surface area contributed by atoms with Crippen LogP contribution in [0, 0.1) is 18.8 Å². The van der Waals surface area contributed by atoms with E-state index in [1.54, 1.807) is 24.5 Å². The molecule has 3 heterocycles. The van der Waals surface area contributed by atoms with Crippen molar-refractivity contribution >= 4 is 5.91 Å². The zero-order valence-electron chi connectivity index (χ0n) is 14.9. The molecule has 1 aliphatic heterocycles. The van der Waals surface area contributed by atoms with Gasteiger partial charge in [-0.15, -0.1) is 0 Å². The summed E-state index contributed by atoms with van der Waals surface area (Å²) in [6, 6.07) is 3.60. The normalized spacial score (nSPS) is 18.5. The number of aryl methyl sites for hydroxylation is 1. The van der Waals surface area contributed by atoms with Crippen molar-refractivity contribution in [3.05, 3.63) is 47.8 Å². The van der Waals surface area contributed by atoms with Crippen molar-refractivity contribution < 1.29 is 4.79 Å². The first-order chi connectivity index (χ1) is 12.2. The van der Waals surface area contributed by atoms with Gasteiger partial charge < -0.3 is 9.47 Å². The largest absolute Gasteiger partial charge is 0.339 e. The van der Waals surface area contributed by atoms with Crippen LogP contribution in [-0.2, 0) is 13.0 Å². The minimum Gasteiger partial charge on any atom is -0.339 e. The highest BCUT2D eigenvalue weighted by atomic mass is 16.2. The Balaban J connectivity index is 1.34. The van der Waals surface area contributed by atoms with E-state index < -0.39 is 0 Å². The van der Waals surface area contributed by atoms with Gasteiger partial charge in [-0.25, -0.2) is 4.98 Å². The molecule has 2 aromatic rings. The molecule has 1 saturated heterocycles. The first-order valence-corrected chi connectivity index (χ1v) is 9.41. The standard InChI is InChI=1S/C20H26N4O/c1-15-13-22-19(24(15)14-17-2-3-17)12-16-6-10-23(11-7-16)20(25)18-4-8-21-9-5-18/h4-5,8-9,13,16-17H,2-3,6-7,10-12,14H2,1H3. The van der Waals surface area contributed by atoms with Crippen LogP contribution in [0.25, 0.3) is 0 Å². The molecule has 4 rings (SSSR count). The molecule has 5 nitrogen and oxygen atoms in total. The highest BCUT2D eigenvalue weighted by Gasteiger charge is 2.27. The lowest BCUT2D eigenvalue weighted by Gasteiger charge is -2.32. The third-order valence-electron chi connectivity index (χ3n) is 5.58. The number of hydrogen-bond donors (Lipinski definition) is 0. The summed E-state index contributed by atoms with van der Waals surface area (Å²) >= 11 is 0. The molecule has 2 aromatic heterocycles. The molecule has 1 saturated carbocycles. The van der Waals surface area contributed by atoms with Gasteiger partial charge in [-0.05, 0) is 56.6 Å². The maximum atomic E-state index is 12.5. The molecular formula is C20H26N4O. The Morgan fingerprint density at radius 2 is 1.84 bits per heavy atom. The number of piperidine rings is 1. The fraction of sp³-hybridized carbons (Fsp3) is 0.550. The average molecular weight is 338 g/mol. The van der Waals surface area contributed by atoms with Crippen LogP contribution in [0.4, 0.5) is 0 Å². The zero-order valence-corrected chi connectivity index (χ0v) is 14.9. The summed E-state index contributed by atoms with van der Waals surface area (Å²) in [5, 5.41) is 0. The van der Waals surface area contributed by atoms with Crippen LogP contribution in [-0.4, -0.2) is 38.4 Å². The van der Waals surface area contributed by atoms with E-state index in [2.05, 4.69) is 21.5 Å². The van der Waals surface area contributed by atoms with E-state index in [9.17, 15) is 4.79 Å². The van der Waals surface area contributed by atoms with Crippen LogP contribution in [0.3, 0.4) is 0 Å². The van der Waals surface area contributed by atoms with Gasteiger partial charge in [0.15, 0.2) is 0 Å².